The van der Waals surface area contributed by atoms with Crippen LogP contribution in [-0.4, -0.2) is 41.7 Å². The number of carbonyl (C=O) groups is 1. The van der Waals surface area contributed by atoms with Gasteiger partial charge in [0.05, 0.1) is 0 Å². The zero-order chi connectivity index (χ0) is 18.5. The van der Waals surface area contributed by atoms with Crippen LogP contribution in [0.15, 0.2) is 6.07 Å². The molecule has 0 aliphatic carbocycles. The third-order valence-electron chi connectivity index (χ3n) is 3.84. The molecule has 0 radical (unpaired) electrons. The van der Waals surface area contributed by atoms with E-state index in [0.717, 1.165) is 24.4 Å². The highest BCUT2D eigenvalue weighted by Crippen LogP contribution is 2.21. The van der Waals surface area contributed by atoms with Crippen molar-refractivity contribution < 1.29 is 9.53 Å². The molecule has 1 N–H and O–H groups in total. The molecule has 0 fully saturated rings. The van der Waals surface area contributed by atoms with E-state index in [2.05, 4.69) is 37.1 Å². The molecule has 136 valence electrons. The van der Waals surface area contributed by atoms with Gasteiger partial charge in [-0.25, -0.2) is 4.79 Å². The van der Waals surface area contributed by atoms with Crippen LogP contribution in [0.3, 0.4) is 0 Å². The first-order valence-electron chi connectivity index (χ1n) is 8.63. The average Bonchev–Trinajstić information content (AvgIpc) is 2.40. The number of pyridine rings is 1. The minimum Gasteiger partial charge on any atom is -0.444 e. The Hall–Kier alpha value is -1.62. The molecular weight excluding hydrogens is 302 g/mol. The molecule has 1 aromatic rings. The second-order valence-electron chi connectivity index (χ2n) is 7.51. The van der Waals surface area contributed by atoms with E-state index in [1.165, 1.54) is 11.1 Å². The standard InChI is InChI=1S/C19H33N3O2/c1-13-12-14(2)21-16(4)17(13)15(3)20-10-9-11-22(8)18(23)24-19(5,6)7/h12,15,20H,9-11H2,1-8H3. The number of hydrogen-bond acceptors (Lipinski definition) is 4. The Kier molecular flexibility index (Phi) is 7.21. The van der Waals surface area contributed by atoms with Gasteiger partial charge in [0.2, 0.25) is 0 Å². The molecular formula is C19H33N3O2. The van der Waals surface area contributed by atoms with Gasteiger partial charge in [-0.15, -0.1) is 0 Å². The van der Waals surface area contributed by atoms with Crippen molar-refractivity contribution in [3.8, 4) is 0 Å². The Morgan fingerprint density at radius 2 is 1.96 bits per heavy atom. The minimum absolute atomic E-state index is 0.241. The Morgan fingerprint density at radius 1 is 1.33 bits per heavy atom. The Bertz CT molecular complexity index is 541. The highest BCUT2D eigenvalue weighted by Gasteiger charge is 2.19. The van der Waals surface area contributed by atoms with Crippen molar-refractivity contribution in [3.63, 3.8) is 0 Å². The summed E-state index contributed by atoms with van der Waals surface area (Å²) in [6.07, 6.45) is 0.599. The van der Waals surface area contributed by atoms with E-state index in [9.17, 15) is 4.79 Å². The van der Waals surface area contributed by atoms with Crippen molar-refractivity contribution in [2.24, 2.45) is 0 Å². The third kappa shape index (κ3) is 6.48. The zero-order valence-electron chi connectivity index (χ0n) is 16.5. The van der Waals surface area contributed by atoms with E-state index in [1.54, 1.807) is 11.9 Å². The van der Waals surface area contributed by atoms with Gasteiger partial charge >= 0.3 is 6.09 Å². The molecule has 1 amide bonds. The average molecular weight is 335 g/mol. The van der Waals surface area contributed by atoms with Crippen LogP contribution in [-0.2, 0) is 4.74 Å². The van der Waals surface area contributed by atoms with Crippen LogP contribution in [0.5, 0.6) is 0 Å². The normalized spacial score (nSPS) is 12.8. The lowest BCUT2D eigenvalue weighted by atomic mass is 10.0. The van der Waals surface area contributed by atoms with Crippen molar-refractivity contribution in [2.75, 3.05) is 20.1 Å². The summed E-state index contributed by atoms with van der Waals surface area (Å²) in [5, 5.41) is 3.52. The molecule has 24 heavy (non-hydrogen) atoms. The largest absolute Gasteiger partial charge is 0.444 e. The van der Waals surface area contributed by atoms with Crippen LogP contribution in [0.4, 0.5) is 4.79 Å². The summed E-state index contributed by atoms with van der Waals surface area (Å²) >= 11 is 0. The van der Waals surface area contributed by atoms with E-state index in [4.69, 9.17) is 4.74 Å². The topological polar surface area (TPSA) is 54.5 Å². The van der Waals surface area contributed by atoms with Gasteiger partial charge in [-0.1, -0.05) is 0 Å². The molecule has 0 saturated carbocycles. The first-order chi connectivity index (χ1) is 11.0. The smallest absolute Gasteiger partial charge is 0.410 e. The quantitative estimate of drug-likeness (QED) is 0.801. The Morgan fingerprint density at radius 3 is 2.50 bits per heavy atom. The van der Waals surface area contributed by atoms with Crippen molar-refractivity contribution in [1.82, 2.24) is 15.2 Å². The number of ether oxygens (including phenoxy) is 1. The Balaban J connectivity index is 2.44. The van der Waals surface area contributed by atoms with Crippen molar-refractivity contribution in [3.05, 3.63) is 28.6 Å². The molecule has 1 atom stereocenters. The minimum atomic E-state index is -0.453. The molecule has 1 aromatic heterocycles. The lowest BCUT2D eigenvalue weighted by Crippen LogP contribution is -2.35. The van der Waals surface area contributed by atoms with Crippen molar-refractivity contribution in [2.45, 2.75) is 66.5 Å². The lowest BCUT2D eigenvalue weighted by molar-refractivity contribution is 0.0297. The van der Waals surface area contributed by atoms with Gasteiger partial charge in [0.15, 0.2) is 0 Å². The Labute approximate surface area is 146 Å². The monoisotopic (exact) mass is 335 g/mol. The number of amides is 1. The van der Waals surface area contributed by atoms with Gasteiger partial charge in [-0.3, -0.25) is 4.98 Å². The number of aromatic nitrogens is 1. The molecule has 5 nitrogen and oxygen atoms in total. The number of rotatable bonds is 6. The fraction of sp³-hybridized carbons (Fsp3) is 0.684. The zero-order valence-corrected chi connectivity index (χ0v) is 16.5. The summed E-state index contributed by atoms with van der Waals surface area (Å²) in [5.74, 6) is 0. The van der Waals surface area contributed by atoms with E-state index in [0.29, 0.717) is 6.54 Å². The summed E-state index contributed by atoms with van der Waals surface area (Å²) in [5.41, 5.74) is 4.22. The number of carbonyl (C=O) groups excluding carboxylic acids is 1. The van der Waals surface area contributed by atoms with Crippen LogP contribution >= 0.6 is 0 Å². The van der Waals surface area contributed by atoms with Crippen LogP contribution in [0.25, 0.3) is 0 Å². The van der Waals surface area contributed by atoms with E-state index in [-0.39, 0.29) is 12.1 Å². The SMILES string of the molecule is Cc1cc(C)c(C(C)NCCCN(C)C(=O)OC(C)(C)C)c(C)n1. The second-order valence-corrected chi connectivity index (χ2v) is 7.51. The van der Waals surface area contributed by atoms with E-state index in [1.807, 2.05) is 27.7 Å². The van der Waals surface area contributed by atoms with E-state index < -0.39 is 5.60 Å². The van der Waals surface area contributed by atoms with Crippen LogP contribution in [0, 0.1) is 20.8 Å². The summed E-state index contributed by atoms with van der Waals surface area (Å²) in [4.78, 5) is 18.1. The second kappa shape index (κ2) is 8.47. The molecule has 5 heteroatoms. The number of nitrogens with one attached hydrogen (secondary N) is 1. The number of aryl methyl sites for hydroxylation is 3. The molecule has 0 saturated heterocycles. The number of hydrogen-bond donors (Lipinski definition) is 1. The fourth-order valence-corrected chi connectivity index (χ4v) is 2.86. The van der Waals surface area contributed by atoms with Gasteiger partial charge in [-0.05, 0) is 78.6 Å². The molecule has 1 rings (SSSR count). The lowest BCUT2D eigenvalue weighted by Gasteiger charge is -2.25. The maximum atomic E-state index is 11.9. The molecule has 0 aliphatic rings. The van der Waals surface area contributed by atoms with Crippen molar-refractivity contribution >= 4 is 6.09 Å². The van der Waals surface area contributed by atoms with Crippen molar-refractivity contribution in [1.29, 1.82) is 0 Å². The fourth-order valence-electron chi connectivity index (χ4n) is 2.86. The molecule has 0 aromatic carbocycles. The van der Waals surface area contributed by atoms with Gasteiger partial charge in [0.25, 0.3) is 0 Å². The van der Waals surface area contributed by atoms with E-state index >= 15 is 0 Å². The molecule has 0 aliphatic heterocycles. The summed E-state index contributed by atoms with van der Waals surface area (Å²) in [6, 6.07) is 2.36. The summed E-state index contributed by atoms with van der Waals surface area (Å²) < 4.78 is 5.35. The molecule has 0 spiro atoms. The summed E-state index contributed by atoms with van der Waals surface area (Å²) in [7, 11) is 1.77. The molecule has 1 unspecified atom stereocenters. The number of nitrogens with zero attached hydrogens (tertiary/aromatic N) is 2. The molecule has 1 heterocycles. The van der Waals surface area contributed by atoms with Gasteiger partial charge in [-0.2, -0.15) is 0 Å². The molecule has 0 bridgehead atoms. The first-order valence-corrected chi connectivity index (χ1v) is 8.63. The van der Waals surface area contributed by atoms with Crippen LogP contribution in [0.2, 0.25) is 0 Å². The first kappa shape index (κ1) is 20.4. The van der Waals surface area contributed by atoms with Gasteiger partial charge < -0.3 is 15.0 Å². The van der Waals surface area contributed by atoms with Gasteiger partial charge in [0, 0.05) is 31.0 Å². The van der Waals surface area contributed by atoms with Crippen LogP contribution in [0.1, 0.15) is 62.7 Å². The predicted molar refractivity (Wildman–Crippen MR) is 98.3 cm³/mol. The van der Waals surface area contributed by atoms with Gasteiger partial charge in [0.1, 0.15) is 5.60 Å². The van der Waals surface area contributed by atoms with Crippen LogP contribution < -0.4 is 5.32 Å². The maximum Gasteiger partial charge on any atom is 0.410 e. The predicted octanol–water partition coefficient (Wildman–Crippen LogP) is 3.91. The summed E-state index contributed by atoms with van der Waals surface area (Å²) in [6.45, 7) is 15.5. The highest BCUT2D eigenvalue weighted by molar-refractivity contribution is 5.67. The third-order valence-corrected chi connectivity index (χ3v) is 3.84. The highest BCUT2D eigenvalue weighted by atomic mass is 16.6. The maximum absolute atomic E-state index is 11.9.